The van der Waals surface area contributed by atoms with Crippen LogP contribution in [-0.4, -0.2) is 0 Å². The Labute approximate surface area is 134 Å². The minimum atomic E-state index is -0.325. The predicted molar refractivity (Wildman–Crippen MR) is 86.3 cm³/mol. The quantitative estimate of drug-likeness (QED) is 0.587. The summed E-state index contributed by atoms with van der Waals surface area (Å²) in [6.45, 7) is 6.07. The van der Waals surface area contributed by atoms with E-state index in [9.17, 15) is 4.39 Å². The fourth-order valence-corrected chi connectivity index (χ4v) is 2.74. The molecule has 21 heavy (non-hydrogen) atoms. The van der Waals surface area contributed by atoms with Gasteiger partial charge < -0.3 is 4.74 Å². The van der Waals surface area contributed by atoms with Gasteiger partial charge in [-0.25, -0.2) is 4.39 Å². The number of ether oxygens (including phenoxy) is 1. The minimum Gasteiger partial charge on any atom is -0.457 e. The Bertz CT molecular complexity index is 653. The third kappa shape index (κ3) is 3.69. The van der Waals surface area contributed by atoms with Crippen molar-refractivity contribution in [2.75, 3.05) is 0 Å². The largest absolute Gasteiger partial charge is 0.457 e. The monoisotopic (exact) mass is 326 g/mol. The maximum Gasteiger partial charge on any atom is 0.132 e. The molecule has 0 aliphatic rings. The van der Waals surface area contributed by atoms with E-state index in [1.807, 2.05) is 19.1 Å². The van der Waals surface area contributed by atoms with Crippen LogP contribution in [0.2, 0.25) is 5.02 Å². The van der Waals surface area contributed by atoms with Crippen molar-refractivity contribution in [3.05, 3.63) is 57.9 Å². The molecule has 0 aromatic heterocycles. The van der Waals surface area contributed by atoms with Crippen LogP contribution in [0.4, 0.5) is 4.39 Å². The van der Waals surface area contributed by atoms with E-state index in [-0.39, 0.29) is 11.7 Å². The second kappa shape index (κ2) is 6.67. The van der Waals surface area contributed by atoms with E-state index in [4.69, 9.17) is 27.9 Å². The summed E-state index contributed by atoms with van der Waals surface area (Å²) in [7, 11) is 0. The maximum atomic E-state index is 13.2. The van der Waals surface area contributed by atoms with Crippen LogP contribution in [0, 0.1) is 12.7 Å². The Kier molecular flexibility index (Phi) is 5.13. The summed E-state index contributed by atoms with van der Waals surface area (Å²) in [5, 5.41) is 0.728. The lowest BCUT2D eigenvalue weighted by Gasteiger charge is -2.16. The molecule has 4 heteroatoms. The lowest BCUT2D eigenvalue weighted by atomic mass is 10.0. The SMILES string of the molecule is Cc1cc(Cl)c(C(C)C)cc1Oc1ccc(F)cc1CCl. The minimum absolute atomic E-state index is 0.191. The van der Waals surface area contributed by atoms with E-state index >= 15 is 0 Å². The number of hydrogen-bond acceptors (Lipinski definition) is 1. The number of aryl methyl sites for hydroxylation is 1. The zero-order chi connectivity index (χ0) is 15.6. The number of benzene rings is 2. The zero-order valence-electron chi connectivity index (χ0n) is 12.2. The van der Waals surface area contributed by atoms with Crippen molar-refractivity contribution >= 4 is 23.2 Å². The fraction of sp³-hybridized carbons (Fsp3) is 0.294. The molecule has 0 amide bonds. The lowest BCUT2D eigenvalue weighted by molar-refractivity contribution is 0.471. The first-order valence-electron chi connectivity index (χ1n) is 6.74. The van der Waals surface area contributed by atoms with Crippen LogP contribution in [0.5, 0.6) is 11.5 Å². The summed E-state index contributed by atoms with van der Waals surface area (Å²) in [6, 6.07) is 8.16. The van der Waals surface area contributed by atoms with Crippen LogP contribution < -0.4 is 4.74 Å². The molecule has 0 spiro atoms. The normalized spacial score (nSPS) is 11.0. The van der Waals surface area contributed by atoms with Crippen molar-refractivity contribution in [3.8, 4) is 11.5 Å². The average molecular weight is 327 g/mol. The Morgan fingerprint density at radius 2 is 1.86 bits per heavy atom. The molecule has 2 aromatic rings. The van der Waals surface area contributed by atoms with E-state index in [0.717, 1.165) is 16.1 Å². The summed E-state index contributed by atoms with van der Waals surface area (Å²) in [4.78, 5) is 0. The van der Waals surface area contributed by atoms with Gasteiger partial charge in [0.05, 0.1) is 5.88 Å². The van der Waals surface area contributed by atoms with Gasteiger partial charge >= 0.3 is 0 Å². The fourth-order valence-electron chi connectivity index (χ4n) is 2.09. The van der Waals surface area contributed by atoms with Crippen LogP contribution in [0.1, 0.15) is 36.5 Å². The first-order valence-corrected chi connectivity index (χ1v) is 7.66. The molecule has 0 unspecified atom stereocenters. The molecule has 0 fully saturated rings. The van der Waals surface area contributed by atoms with Crippen molar-refractivity contribution in [2.45, 2.75) is 32.6 Å². The van der Waals surface area contributed by atoms with E-state index in [2.05, 4.69) is 13.8 Å². The Balaban J connectivity index is 2.42. The molecule has 2 rings (SSSR count). The molecule has 0 saturated heterocycles. The summed E-state index contributed by atoms with van der Waals surface area (Å²) in [6.07, 6.45) is 0. The van der Waals surface area contributed by atoms with Crippen molar-refractivity contribution in [2.24, 2.45) is 0 Å². The van der Waals surface area contributed by atoms with Crippen LogP contribution >= 0.6 is 23.2 Å². The molecule has 0 atom stereocenters. The highest BCUT2D eigenvalue weighted by atomic mass is 35.5. The first kappa shape index (κ1) is 16.1. The number of halogens is 3. The van der Waals surface area contributed by atoms with Gasteiger partial charge in [0.2, 0.25) is 0 Å². The van der Waals surface area contributed by atoms with Gasteiger partial charge in [0.1, 0.15) is 17.3 Å². The van der Waals surface area contributed by atoms with E-state index < -0.39 is 0 Å². The maximum absolute atomic E-state index is 13.2. The Morgan fingerprint density at radius 1 is 1.14 bits per heavy atom. The van der Waals surface area contributed by atoms with Gasteiger partial charge in [-0.15, -0.1) is 11.6 Å². The van der Waals surface area contributed by atoms with Crippen molar-refractivity contribution in [1.82, 2.24) is 0 Å². The van der Waals surface area contributed by atoms with Crippen LogP contribution in [0.3, 0.4) is 0 Å². The highest BCUT2D eigenvalue weighted by Crippen LogP contribution is 2.35. The van der Waals surface area contributed by atoms with Gasteiger partial charge in [0, 0.05) is 10.6 Å². The van der Waals surface area contributed by atoms with Crippen LogP contribution in [0.15, 0.2) is 30.3 Å². The number of hydrogen-bond donors (Lipinski definition) is 0. The second-order valence-corrected chi connectivity index (χ2v) is 5.96. The standard InChI is InChI=1S/C17H17Cl2FO/c1-10(2)14-8-17(11(3)6-15(14)19)21-16-5-4-13(20)7-12(16)9-18/h4-8,10H,9H2,1-3H3. The molecule has 0 N–H and O–H groups in total. The third-order valence-corrected chi connectivity index (χ3v) is 3.92. The molecular weight excluding hydrogens is 310 g/mol. The summed E-state index contributed by atoms with van der Waals surface area (Å²) in [5.41, 5.74) is 2.57. The van der Waals surface area contributed by atoms with Gasteiger partial charge in [0.25, 0.3) is 0 Å². The van der Waals surface area contributed by atoms with Crippen LogP contribution in [-0.2, 0) is 5.88 Å². The van der Waals surface area contributed by atoms with E-state index in [0.29, 0.717) is 23.0 Å². The summed E-state index contributed by atoms with van der Waals surface area (Å²) < 4.78 is 19.2. The molecule has 1 nitrogen and oxygen atoms in total. The van der Waals surface area contributed by atoms with Crippen molar-refractivity contribution < 1.29 is 9.13 Å². The topological polar surface area (TPSA) is 9.23 Å². The smallest absolute Gasteiger partial charge is 0.132 e. The highest BCUT2D eigenvalue weighted by molar-refractivity contribution is 6.31. The Morgan fingerprint density at radius 3 is 2.48 bits per heavy atom. The molecular formula is C17H17Cl2FO. The van der Waals surface area contributed by atoms with Crippen molar-refractivity contribution in [3.63, 3.8) is 0 Å². The average Bonchev–Trinajstić information content (AvgIpc) is 2.42. The predicted octanol–water partition coefficient (Wildman–Crippen LogP) is 6.44. The highest BCUT2D eigenvalue weighted by Gasteiger charge is 2.12. The molecule has 2 aromatic carbocycles. The number of alkyl halides is 1. The van der Waals surface area contributed by atoms with Gasteiger partial charge in [-0.05, 0) is 54.3 Å². The van der Waals surface area contributed by atoms with E-state index in [1.165, 1.54) is 12.1 Å². The lowest BCUT2D eigenvalue weighted by Crippen LogP contribution is -1.96. The van der Waals surface area contributed by atoms with Gasteiger partial charge in [-0.2, -0.15) is 0 Å². The molecule has 0 radical (unpaired) electrons. The number of rotatable bonds is 4. The molecule has 0 aliphatic heterocycles. The Hall–Kier alpha value is -1.25. The summed E-state index contributed by atoms with van der Waals surface area (Å²) in [5.74, 6) is 1.43. The molecule has 112 valence electrons. The zero-order valence-corrected chi connectivity index (χ0v) is 13.7. The molecule has 0 heterocycles. The van der Waals surface area contributed by atoms with Gasteiger partial charge in [-0.1, -0.05) is 25.4 Å². The molecule has 0 aliphatic carbocycles. The van der Waals surface area contributed by atoms with Crippen molar-refractivity contribution in [1.29, 1.82) is 0 Å². The van der Waals surface area contributed by atoms with Crippen LogP contribution in [0.25, 0.3) is 0 Å². The third-order valence-electron chi connectivity index (χ3n) is 3.30. The second-order valence-electron chi connectivity index (χ2n) is 5.28. The van der Waals surface area contributed by atoms with E-state index in [1.54, 1.807) is 6.07 Å². The van der Waals surface area contributed by atoms with Gasteiger partial charge in [0.15, 0.2) is 0 Å². The summed E-state index contributed by atoms with van der Waals surface area (Å²) >= 11 is 12.1. The molecule has 0 saturated carbocycles. The molecule has 0 bridgehead atoms. The first-order chi connectivity index (χ1) is 9.92. The van der Waals surface area contributed by atoms with Gasteiger partial charge in [-0.3, -0.25) is 0 Å².